The maximum atomic E-state index is 14.2. The highest BCUT2D eigenvalue weighted by Gasteiger charge is 2.34. The van der Waals surface area contributed by atoms with Gasteiger partial charge in [-0.05, 0) is 74.7 Å². The van der Waals surface area contributed by atoms with E-state index in [0.717, 1.165) is 10.4 Å². The Balaban J connectivity index is 2.13. The third-order valence-electron chi connectivity index (χ3n) is 7.33. The number of hydrogen-bond donors (Lipinski definition) is 1. The number of nitro benzene ring substituents is 1. The topological polar surface area (TPSA) is 139 Å². The predicted octanol–water partition coefficient (Wildman–Crippen LogP) is 6.14. The molecule has 2 atom stereocenters. The third kappa shape index (κ3) is 8.65. The first-order chi connectivity index (χ1) is 21.2. The van der Waals surface area contributed by atoms with Crippen LogP contribution in [-0.2, 0) is 26.2 Å². The number of nitrogens with one attached hydrogen (secondary N) is 1. The number of amides is 2. The zero-order chi connectivity index (χ0) is 33.5. The van der Waals surface area contributed by atoms with Crippen molar-refractivity contribution in [2.75, 3.05) is 18.0 Å². The molecule has 0 fully saturated rings. The van der Waals surface area contributed by atoms with Gasteiger partial charge in [0.15, 0.2) is 0 Å². The molecule has 0 heterocycles. The van der Waals surface area contributed by atoms with Crippen molar-refractivity contribution >= 4 is 56.4 Å². The van der Waals surface area contributed by atoms with Crippen LogP contribution < -0.4 is 14.4 Å². The molecule has 11 nitrogen and oxygen atoms in total. The van der Waals surface area contributed by atoms with Gasteiger partial charge in [-0.3, -0.25) is 24.0 Å². The Labute approximate surface area is 273 Å². The first kappa shape index (κ1) is 35.6. The molecule has 242 valence electrons. The second-order valence-electron chi connectivity index (χ2n) is 10.4. The number of nitro groups is 1. The summed E-state index contributed by atoms with van der Waals surface area (Å²) in [7, 11) is -3.08. The molecular weight excluding hydrogens is 643 g/mol. The minimum Gasteiger partial charge on any atom is -0.497 e. The van der Waals surface area contributed by atoms with E-state index in [2.05, 4.69) is 5.32 Å². The predicted molar refractivity (Wildman–Crippen MR) is 174 cm³/mol. The van der Waals surface area contributed by atoms with E-state index in [1.807, 2.05) is 13.8 Å². The molecule has 0 aromatic heterocycles. The molecule has 0 aliphatic rings. The number of ether oxygens (including phenoxy) is 1. The molecule has 0 radical (unpaired) electrons. The van der Waals surface area contributed by atoms with Gasteiger partial charge in [0.05, 0.1) is 32.7 Å². The van der Waals surface area contributed by atoms with Crippen molar-refractivity contribution in [2.24, 2.45) is 0 Å². The summed E-state index contributed by atoms with van der Waals surface area (Å²) in [5, 5.41) is 15.1. The van der Waals surface area contributed by atoms with E-state index in [9.17, 15) is 28.1 Å². The lowest BCUT2D eigenvalue weighted by molar-refractivity contribution is -0.385. The van der Waals surface area contributed by atoms with Crippen LogP contribution in [0.4, 0.5) is 11.4 Å². The number of carbonyl (C=O) groups is 2. The molecule has 0 aliphatic carbocycles. The number of nitrogens with zero attached hydrogens (tertiary/aromatic N) is 3. The molecule has 0 saturated carbocycles. The van der Waals surface area contributed by atoms with Crippen LogP contribution in [0.25, 0.3) is 0 Å². The molecule has 1 N–H and O–H groups in total. The van der Waals surface area contributed by atoms with E-state index >= 15 is 0 Å². The van der Waals surface area contributed by atoms with Gasteiger partial charge in [0.25, 0.3) is 15.7 Å². The third-order valence-corrected chi connectivity index (χ3v) is 9.84. The summed E-state index contributed by atoms with van der Waals surface area (Å²) in [5.41, 5.74) is 0.572. The quantitative estimate of drug-likeness (QED) is 0.160. The smallest absolute Gasteiger partial charge is 0.273 e. The average Bonchev–Trinajstić information content (AvgIpc) is 3.01. The number of halogens is 2. The molecule has 3 aromatic carbocycles. The number of rotatable bonds is 14. The van der Waals surface area contributed by atoms with Gasteiger partial charge >= 0.3 is 0 Å². The van der Waals surface area contributed by atoms with Crippen LogP contribution in [0.5, 0.6) is 5.75 Å². The largest absolute Gasteiger partial charge is 0.497 e. The van der Waals surface area contributed by atoms with E-state index in [1.165, 1.54) is 55.3 Å². The Bertz CT molecular complexity index is 1650. The summed E-state index contributed by atoms with van der Waals surface area (Å²) >= 11 is 12.3. The minimum absolute atomic E-state index is 0.0747. The Hall–Kier alpha value is -3.87. The number of aryl methyl sites for hydroxylation is 1. The van der Waals surface area contributed by atoms with Crippen LogP contribution >= 0.6 is 23.2 Å². The normalized spacial score (nSPS) is 12.6. The van der Waals surface area contributed by atoms with Gasteiger partial charge in [0.2, 0.25) is 11.8 Å². The van der Waals surface area contributed by atoms with Gasteiger partial charge in [-0.1, -0.05) is 49.2 Å². The summed E-state index contributed by atoms with van der Waals surface area (Å²) in [6, 6.07) is 13.2. The molecule has 0 aliphatic heterocycles. The fourth-order valence-electron chi connectivity index (χ4n) is 4.55. The van der Waals surface area contributed by atoms with E-state index in [4.69, 9.17) is 27.9 Å². The van der Waals surface area contributed by atoms with Crippen molar-refractivity contribution in [3.05, 3.63) is 92.0 Å². The first-order valence-electron chi connectivity index (χ1n) is 14.2. The molecule has 3 aromatic rings. The van der Waals surface area contributed by atoms with Crippen molar-refractivity contribution < 1.29 is 27.7 Å². The van der Waals surface area contributed by atoms with Crippen molar-refractivity contribution in [3.8, 4) is 5.75 Å². The van der Waals surface area contributed by atoms with Gasteiger partial charge in [-0.15, -0.1) is 0 Å². The maximum absolute atomic E-state index is 14.2. The monoisotopic (exact) mass is 678 g/mol. The van der Waals surface area contributed by atoms with Crippen LogP contribution in [0.1, 0.15) is 44.7 Å². The molecule has 14 heteroatoms. The minimum atomic E-state index is -4.53. The van der Waals surface area contributed by atoms with E-state index in [1.54, 1.807) is 25.1 Å². The van der Waals surface area contributed by atoms with Crippen LogP contribution in [0.3, 0.4) is 0 Å². The van der Waals surface area contributed by atoms with Crippen LogP contribution in [0, 0.1) is 17.0 Å². The lowest BCUT2D eigenvalue weighted by atomic mass is 10.1. The molecule has 2 unspecified atom stereocenters. The van der Waals surface area contributed by atoms with Gasteiger partial charge in [0.1, 0.15) is 18.3 Å². The fraction of sp³-hybridized carbons (Fsp3) is 0.355. The molecule has 45 heavy (non-hydrogen) atoms. The van der Waals surface area contributed by atoms with Gasteiger partial charge in [-0.2, -0.15) is 0 Å². The number of methoxy groups -OCH3 is 1. The molecule has 3 rings (SSSR count). The van der Waals surface area contributed by atoms with E-state index in [0.29, 0.717) is 22.8 Å². The number of sulfonamides is 1. The number of hydrogen-bond acceptors (Lipinski definition) is 7. The van der Waals surface area contributed by atoms with Crippen molar-refractivity contribution in [3.63, 3.8) is 0 Å². The molecule has 0 spiro atoms. The molecule has 0 saturated heterocycles. The second-order valence-corrected chi connectivity index (χ2v) is 13.1. The van der Waals surface area contributed by atoms with E-state index < -0.39 is 39.3 Å². The molecular formula is C31H36Cl2N4O7S. The summed E-state index contributed by atoms with van der Waals surface area (Å²) in [4.78, 5) is 39.5. The van der Waals surface area contributed by atoms with Gasteiger partial charge in [-0.25, -0.2) is 8.42 Å². The molecule has 2 amide bonds. The number of anilines is 1. The fourth-order valence-corrected chi connectivity index (χ4v) is 6.30. The summed E-state index contributed by atoms with van der Waals surface area (Å²) < 4.78 is 34.3. The van der Waals surface area contributed by atoms with Gasteiger partial charge in [0, 0.05) is 24.2 Å². The lowest BCUT2D eigenvalue weighted by Crippen LogP contribution is -2.53. The Kier molecular flexibility index (Phi) is 12.2. The van der Waals surface area contributed by atoms with E-state index in [-0.39, 0.29) is 45.9 Å². The second kappa shape index (κ2) is 15.4. The summed E-state index contributed by atoms with van der Waals surface area (Å²) in [5.74, 6) is -0.635. The average molecular weight is 680 g/mol. The number of carbonyl (C=O) groups excluding carboxylic acids is 2. The van der Waals surface area contributed by atoms with Crippen molar-refractivity contribution in [2.45, 2.75) is 64.1 Å². The first-order valence-corrected chi connectivity index (χ1v) is 16.4. The summed E-state index contributed by atoms with van der Waals surface area (Å²) in [6.45, 7) is 6.21. The van der Waals surface area contributed by atoms with Gasteiger partial charge < -0.3 is 15.0 Å². The highest BCUT2D eigenvalue weighted by molar-refractivity contribution is 7.92. The SMILES string of the molecule is CCC(C)NC(=O)C(CC)N(Cc1ccc(Cl)c(Cl)c1)C(=O)CN(c1ccc(OC)cc1)S(=O)(=O)c1ccc(C)c([N+](=O)[O-])c1. The Morgan fingerprint density at radius 3 is 2.22 bits per heavy atom. The highest BCUT2D eigenvalue weighted by Crippen LogP contribution is 2.30. The highest BCUT2D eigenvalue weighted by atomic mass is 35.5. The summed E-state index contributed by atoms with van der Waals surface area (Å²) in [6.07, 6.45) is 0.893. The molecule has 0 bridgehead atoms. The Morgan fingerprint density at radius 2 is 1.67 bits per heavy atom. The van der Waals surface area contributed by atoms with Crippen molar-refractivity contribution in [1.82, 2.24) is 10.2 Å². The lowest BCUT2D eigenvalue weighted by Gasteiger charge is -2.33. The van der Waals surface area contributed by atoms with Crippen LogP contribution in [0.2, 0.25) is 10.0 Å². The Morgan fingerprint density at radius 1 is 1.00 bits per heavy atom. The van der Waals surface area contributed by atoms with Crippen LogP contribution in [0.15, 0.2) is 65.6 Å². The van der Waals surface area contributed by atoms with Crippen molar-refractivity contribution in [1.29, 1.82) is 0 Å². The maximum Gasteiger partial charge on any atom is 0.273 e. The zero-order valence-corrected chi connectivity index (χ0v) is 27.9. The zero-order valence-electron chi connectivity index (χ0n) is 25.6. The number of benzene rings is 3. The standard InChI is InChI=1S/C31H36Cl2N4O7S/c1-6-21(4)34-31(39)28(7-2)35(18-22-9-15-26(32)27(33)16-22)30(38)19-36(23-10-12-24(44-5)13-11-23)45(42,43)25-14-8-20(3)29(17-25)37(40)41/h8-17,21,28H,6-7,18-19H2,1-5H3,(H,34,39). The van der Waals surface area contributed by atoms with Crippen LogP contribution in [-0.4, -0.2) is 55.8 Å².